The smallest absolute Gasteiger partial charge is 0.324 e. The molecule has 0 atom stereocenters. The number of imide groups is 1. The molecule has 5 nitrogen and oxygen atoms in total. The van der Waals surface area contributed by atoms with Crippen molar-refractivity contribution in [2.75, 3.05) is 11.9 Å². The second kappa shape index (κ2) is 6.83. The number of rotatable bonds is 5. The molecule has 26 heavy (non-hydrogen) atoms. The zero-order valence-electron chi connectivity index (χ0n) is 14.9. The van der Waals surface area contributed by atoms with Gasteiger partial charge in [-0.25, -0.2) is 4.79 Å². The van der Waals surface area contributed by atoms with Crippen LogP contribution in [0.1, 0.15) is 35.4 Å². The van der Waals surface area contributed by atoms with Crippen LogP contribution in [-0.4, -0.2) is 29.4 Å². The van der Waals surface area contributed by atoms with Crippen molar-refractivity contribution in [3.63, 3.8) is 0 Å². The van der Waals surface area contributed by atoms with E-state index >= 15 is 0 Å². The van der Waals surface area contributed by atoms with Crippen molar-refractivity contribution < 1.29 is 9.59 Å². The van der Waals surface area contributed by atoms with Crippen LogP contribution >= 0.6 is 0 Å². The van der Waals surface area contributed by atoms with Crippen molar-refractivity contribution in [3.8, 4) is 0 Å². The first-order valence-corrected chi connectivity index (χ1v) is 9.09. The summed E-state index contributed by atoms with van der Waals surface area (Å²) in [5.74, 6) is 0.455. The maximum atomic E-state index is 11.7. The van der Waals surface area contributed by atoms with Gasteiger partial charge in [-0.1, -0.05) is 36.4 Å². The molecule has 1 aliphatic carbocycles. The molecule has 1 heterocycles. The highest BCUT2D eigenvalue weighted by Gasteiger charge is 2.31. The Morgan fingerprint density at radius 1 is 1.12 bits per heavy atom. The zero-order chi connectivity index (χ0) is 18.1. The number of aryl methyl sites for hydroxylation is 1. The van der Waals surface area contributed by atoms with E-state index in [-0.39, 0.29) is 18.5 Å². The monoisotopic (exact) mass is 349 g/mol. The molecular formula is C21H23N3O2. The minimum atomic E-state index is -0.312. The Balaban J connectivity index is 1.36. The number of carbonyl (C=O) groups excluding carboxylic acids is 2. The van der Waals surface area contributed by atoms with Gasteiger partial charge >= 0.3 is 6.03 Å². The Kier molecular flexibility index (Phi) is 4.37. The fraction of sp³-hybridized carbons (Fsp3) is 0.333. The maximum Gasteiger partial charge on any atom is 0.324 e. The molecule has 2 aliphatic rings. The predicted octanol–water partition coefficient (Wildman–Crippen LogP) is 3.40. The van der Waals surface area contributed by atoms with E-state index in [1.54, 1.807) is 0 Å². The van der Waals surface area contributed by atoms with Crippen LogP contribution in [0.3, 0.4) is 0 Å². The average molecular weight is 349 g/mol. The van der Waals surface area contributed by atoms with Crippen LogP contribution in [0.2, 0.25) is 0 Å². The van der Waals surface area contributed by atoms with E-state index in [0.717, 1.165) is 24.1 Å². The standard InChI is InChI=1S/C21H23N3O2/c1-14-5-2-3-8-19(14)16-10-18(11-16)23-17-7-4-6-15(9-17)13-24-20(25)12-22-21(24)26/h2-9,16,18,23H,10-13H2,1H3,(H,22,26). The number of nitrogens with one attached hydrogen (secondary N) is 2. The largest absolute Gasteiger partial charge is 0.382 e. The van der Waals surface area contributed by atoms with Crippen molar-refractivity contribution >= 4 is 17.6 Å². The van der Waals surface area contributed by atoms with Gasteiger partial charge in [0.1, 0.15) is 0 Å². The molecule has 2 aromatic carbocycles. The number of amides is 3. The van der Waals surface area contributed by atoms with Crippen LogP contribution in [0.15, 0.2) is 48.5 Å². The van der Waals surface area contributed by atoms with Crippen molar-refractivity contribution in [3.05, 3.63) is 65.2 Å². The highest BCUT2D eigenvalue weighted by Crippen LogP contribution is 2.39. The van der Waals surface area contributed by atoms with E-state index in [1.807, 2.05) is 24.3 Å². The number of hydrogen-bond acceptors (Lipinski definition) is 3. The first-order valence-electron chi connectivity index (χ1n) is 9.09. The summed E-state index contributed by atoms with van der Waals surface area (Å²) >= 11 is 0. The fourth-order valence-corrected chi connectivity index (χ4v) is 3.83. The van der Waals surface area contributed by atoms with Gasteiger partial charge in [0.15, 0.2) is 0 Å². The molecule has 2 N–H and O–H groups in total. The van der Waals surface area contributed by atoms with Crippen LogP contribution < -0.4 is 10.6 Å². The number of urea groups is 1. The summed E-state index contributed by atoms with van der Waals surface area (Å²) in [5, 5.41) is 6.13. The molecule has 3 amide bonds. The molecule has 4 rings (SSSR count). The van der Waals surface area contributed by atoms with Crippen LogP contribution in [0.4, 0.5) is 10.5 Å². The number of anilines is 1. The van der Waals surface area contributed by atoms with Crippen LogP contribution in [-0.2, 0) is 11.3 Å². The molecule has 1 saturated carbocycles. The molecule has 5 heteroatoms. The lowest BCUT2D eigenvalue weighted by atomic mass is 9.74. The van der Waals surface area contributed by atoms with E-state index < -0.39 is 0 Å². The van der Waals surface area contributed by atoms with Crippen LogP contribution in [0.25, 0.3) is 0 Å². The molecule has 2 aromatic rings. The van der Waals surface area contributed by atoms with E-state index in [2.05, 4.69) is 41.8 Å². The molecular weight excluding hydrogens is 326 g/mol. The lowest BCUT2D eigenvalue weighted by molar-refractivity contribution is -0.125. The summed E-state index contributed by atoms with van der Waals surface area (Å²) < 4.78 is 0. The van der Waals surface area contributed by atoms with Gasteiger partial charge in [0, 0.05) is 11.7 Å². The first-order chi connectivity index (χ1) is 12.6. The fourth-order valence-electron chi connectivity index (χ4n) is 3.83. The summed E-state index contributed by atoms with van der Waals surface area (Å²) in [4.78, 5) is 24.7. The number of hydrogen-bond donors (Lipinski definition) is 2. The van der Waals surface area contributed by atoms with Crippen molar-refractivity contribution in [2.45, 2.75) is 38.3 Å². The van der Waals surface area contributed by atoms with Gasteiger partial charge in [0.05, 0.1) is 13.1 Å². The maximum absolute atomic E-state index is 11.7. The normalized spacial score (nSPS) is 22.1. The molecule has 0 bridgehead atoms. The van der Waals surface area contributed by atoms with Gasteiger partial charge in [-0.15, -0.1) is 0 Å². The number of benzene rings is 2. The third-order valence-corrected chi connectivity index (χ3v) is 5.34. The van der Waals surface area contributed by atoms with E-state index in [4.69, 9.17) is 0 Å². The van der Waals surface area contributed by atoms with Crippen molar-refractivity contribution in [2.24, 2.45) is 0 Å². The number of carbonyl (C=O) groups is 2. The predicted molar refractivity (Wildman–Crippen MR) is 101 cm³/mol. The average Bonchev–Trinajstić information content (AvgIpc) is 2.91. The topological polar surface area (TPSA) is 61.4 Å². The Morgan fingerprint density at radius 2 is 1.92 bits per heavy atom. The van der Waals surface area contributed by atoms with Crippen molar-refractivity contribution in [1.82, 2.24) is 10.2 Å². The molecule has 0 spiro atoms. The lowest BCUT2D eigenvalue weighted by Gasteiger charge is -2.37. The Labute approximate surface area is 153 Å². The second-order valence-corrected chi connectivity index (χ2v) is 7.21. The van der Waals surface area contributed by atoms with Crippen LogP contribution in [0.5, 0.6) is 0 Å². The Hall–Kier alpha value is -2.82. The quantitative estimate of drug-likeness (QED) is 0.813. The van der Waals surface area contributed by atoms with E-state index in [1.165, 1.54) is 16.0 Å². The third-order valence-electron chi connectivity index (χ3n) is 5.34. The van der Waals surface area contributed by atoms with E-state index in [0.29, 0.717) is 18.5 Å². The summed E-state index contributed by atoms with van der Waals surface area (Å²) in [6, 6.07) is 16.7. The minimum Gasteiger partial charge on any atom is -0.382 e. The van der Waals surface area contributed by atoms with Gasteiger partial charge in [-0.05, 0) is 54.5 Å². The molecule has 134 valence electrons. The Morgan fingerprint density at radius 3 is 2.65 bits per heavy atom. The SMILES string of the molecule is Cc1ccccc1C1CC(Nc2cccc(CN3C(=O)CNC3=O)c2)C1. The second-order valence-electron chi connectivity index (χ2n) is 7.21. The van der Waals surface area contributed by atoms with Gasteiger partial charge in [0.25, 0.3) is 0 Å². The van der Waals surface area contributed by atoms with Gasteiger partial charge in [-0.2, -0.15) is 0 Å². The van der Waals surface area contributed by atoms with Gasteiger partial charge in [-0.3, -0.25) is 9.69 Å². The van der Waals surface area contributed by atoms with E-state index in [9.17, 15) is 9.59 Å². The summed E-state index contributed by atoms with van der Waals surface area (Å²) in [6.07, 6.45) is 2.25. The lowest BCUT2D eigenvalue weighted by Crippen LogP contribution is -2.34. The number of nitrogens with zero attached hydrogens (tertiary/aromatic N) is 1. The summed E-state index contributed by atoms with van der Waals surface area (Å²) in [6.45, 7) is 2.59. The molecule has 2 fully saturated rings. The minimum absolute atomic E-state index is 0.0964. The van der Waals surface area contributed by atoms with Crippen molar-refractivity contribution in [1.29, 1.82) is 0 Å². The highest BCUT2D eigenvalue weighted by molar-refractivity contribution is 6.01. The molecule has 0 unspecified atom stereocenters. The molecule has 0 radical (unpaired) electrons. The zero-order valence-corrected chi connectivity index (χ0v) is 14.9. The van der Waals surface area contributed by atoms with Gasteiger partial charge < -0.3 is 10.6 Å². The first kappa shape index (κ1) is 16.6. The highest BCUT2D eigenvalue weighted by atomic mass is 16.2. The third kappa shape index (κ3) is 3.29. The molecule has 1 aliphatic heterocycles. The molecule has 0 aromatic heterocycles. The van der Waals surface area contributed by atoms with Gasteiger partial charge in [0.2, 0.25) is 5.91 Å². The molecule has 1 saturated heterocycles. The summed E-state index contributed by atoms with van der Waals surface area (Å²) in [5.41, 5.74) is 4.82. The summed E-state index contributed by atoms with van der Waals surface area (Å²) in [7, 11) is 0. The Bertz CT molecular complexity index is 827. The van der Waals surface area contributed by atoms with Crippen LogP contribution in [0, 0.1) is 6.92 Å².